The van der Waals surface area contributed by atoms with Crippen LogP contribution in [0.2, 0.25) is 0 Å². The second-order valence-corrected chi connectivity index (χ2v) is 8.22. The average Bonchev–Trinajstić information content (AvgIpc) is 2.74. The van der Waals surface area contributed by atoms with E-state index >= 15 is 0 Å². The molecule has 0 unspecified atom stereocenters. The fourth-order valence-corrected chi connectivity index (χ4v) is 4.44. The Morgan fingerprint density at radius 1 is 1.14 bits per heavy atom. The van der Waals surface area contributed by atoms with E-state index in [9.17, 15) is 9.59 Å². The van der Waals surface area contributed by atoms with Crippen LogP contribution < -0.4 is 10.1 Å². The number of benzene rings is 1. The highest BCUT2D eigenvalue weighted by atomic mass is 16.5. The van der Waals surface area contributed by atoms with Gasteiger partial charge in [-0.25, -0.2) is 0 Å². The number of carbonyl (C=O) groups is 2. The van der Waals surface area contributed by atoms with Gasteiger partial charge < -0.3 is 19.7 Å². The molecule has 2 aliphatic heterocycles. The van der Waals surface area contributed by atoms with E-state index in [0.29, 0.717) is 26.2 Å². The molecule has 0 atom stereocenters. The van der Waals surface area contributed by atoms with E-state index in [-0.39, 0.29) is 23.8 Å². The minimum Gasteiger partial charge on any atom is -0.493 e. The van der Waals surface area contributed by atoms with Crippen molar-refractivity contribution in [2.24, 2.45) is 5.41 Å². The molecule has 0 saturated carbocycles. The topological polar surface area (TPSA) is 67.9 Å². The highest BCUT2D eigenvalue weighted by Crippen LogP contribution is 2.37. The molecule has 2 amide bonds. The predicted molar refractivity (Wildman–Crippen MR) is 112 cm³/mol. The summed E-state index contributed by atoms with van der Waals surface area (Å²) in [6, 6.07) is 8.26. The molecule has 1 N–H and O–H groups in total. The minimum atomic E-state index is -0.354. The fraction of sp³-hybridized carbons (Fsp3) is 0.652. The molecule has 1 aromatic rings. The van der Waals surface area contributed by atoms with Gasteiger partial charge in [0.2, 0.25) is 11.8 Å². The van der Waals surface area contributed by atoms with Gasteiger partial charge in [0.05, 0.1) is 12.0 Å². The standard InChI is InChI=1S/C23H34N2O4/c1-28-18-21(26)25-15-12-23(13-16-25)11-6-2-3-8-19-9-4-5-10-20(19)29-17-7-14-24-22(23)27/h4-5,9-10H,2-3,6-8,11-18H2,1H3,(H,24,27). The van der Waals surface area contributed by atoms with E-state index < -0.39 is 0 Å². The number of hydrogen-bond donors (Lipinski definition) is 1. The number of rotatable bonds is 2. The number of hydrogen-bond acceptors (Lipinski definition) is 4. The molecule has 3 rings (SSSR count). The van der Waals surface area contributed by atoms with Crippen LogP contribution in [-0.4, -0.2) is 56.7 Å². The van der Waals surface area contributed by atoms with Gasteiger partial charge in [0, 0.05) is 26.7 Å². The molecule has 160 valence electrons. The Morgan fingerprint density at radius 3 is 2.72 bits per heavy atom. The Bertz CT molecular complexity index is 683. The van der Waals surface area contributed by atoms with Gasteiger partial charge in [-0.05, 0) is 50.2 Å². The van der Waals surface area contributed by atoms with Crippen molar-refractivity contribution in [3.8, 4) is 5.75 Å². The second kappa shape index (κ2) is 10.6. The van der Waals surface area contributed by atoms with Crippen LogP contribution in [0, 0.1) is 5.41 Å². The second-order valence-electron chi connectivity index (χ2n) is 8.22. The zero-order valence-corrected chi connectivity index (χ0v) is 17.6. The van der Waals surface area contributed by atoms with E-state index in [2.05, 4.69) is 17.4 Å². The number of nitrogens with zero attached hydrogens (tertiary/aromatic N) is 1. The van der Waals surface area contributed by atoms with Crippen LogP contribution in [-0.2, 0) is 20.7 Å². The lowest BCUT2D eigenvalue weighted by Gasteiger charge is -2.41. The first kappa shape index (κ1) is 21.6. The number of piperidine rings is 1. The molecule has 0 radical (unpaired) electrons. The van der Waals surface area contributed by atoms with Crippen LogP contribution in [0.1, 0.15) is 50.5 Å². The number of aryl methyl sites for hydroxylation is 1. The smallest absolute Gasteiger partial charge is 0.248 e. The summed E-state index contributed by atoms with van der Waals surface area (Å²) in [6.07, 6.45) is 7.36. The normalized spacial score (nSPS) is 20.9. The van der Waals surface area contributed by atoms with Crippen LogP contribution in [0.15, 0.2) is 24.3 Å². The largest absolute Gasteiger partial charge is 0.493 e. The Labute approximate surface area is 173 Å². The Morgan fingerprint density at radius 2 is 1.93 bits per heavy atom. The van der Waals surface area contributed by atoms with Crippen LogP contribution in [0.3, 0.4) is 0 Å². The third-order valence-electron chi connectivity index (χ3n) is 6.26. The molecule has 2 aliphatic rings. The highest BCUT2D eigenvalue weighted by molar-refractivity contribution is 5.83. The molecule has 0 aliphatic carbocycles. The zero-order chi connectivity index (χ0) is 20.5. The SMILES string of the molecule is COCC(=O)N1CCC2(CCCCCc3ccccc3OCCCNC2=O)CC1. The van der Waals surface area contributed by atoms with Crippen LogP contribution in [0.5, 0.6) is 5.75 Å². The maximum absolute atomic E-state index is 13.1. The molecule has 1 spiro atoms. The molecule has 0 aromatic heterocycles. The number of para-hydroxylation sites is 1. The summed E-state index contributed by atoms with van der Waals surface area (Å²) in [6.45, 7) is 2.59. The van der Waals surface area contributed by atoms with Crippen molar-refractivity contribution in [1.82, 2.24) is 10.2 Å². The Kier molecular flexibility index (Phi) is 7.92. The van der Waals surface area contributed by atoms with Crippen molar-refractivity contribution in [3.63, 3.8) is 0 Å². The quantitative estimate of drug-likeness (QED) is 0.826. The van der Waals surface area contributed by atoms with Crippen LogP contribution >= 0.6 is 0 Å². The van der Waals surface area contributed by atoms with Crippen molar-refractivity contribution in [1.29, 1.82) is 0 Å². The van der Waals surface area contributed by atoms with E-state index in [1.165, 1.54) is 12.7 Å². The fourth-order valence-electron chi connectivity index (χ4n) is 4.44. The molecule has 1 aromatic carbocycles. The van der Waals surface area contributed by atoms with Gasteiger partial charge in [-0.1, -0.05) is 31.0 Å². The van der Waals surface area contributed by atoms with Crippen LogP contribution in [0.25, 0.3) is 0 Å². The van der Waals surface area contributed by atoms with E-state index in [4.69, 9.17) is 9.47 Å². The number of carbonyl (C=O) groups excluding carboxylic acids is 2. The van der Waals surface area contributed by atoms with Crippen molar-refractivity contribution < 1.29 is 19.1 Å². The third kappa shape index (κ3) is 5.72. The Balaban J connectivity index is 1.62. The van der Waals surface area contributed by atoms with Crippen molar-refractivity contribution in [2.75, 3.05) is 40.0 Å². The van der Waals surface area contributed by atoms with Gasteiger partial charge in [0.15, 0.2) is 0 Å². The number of likely N-dealkylation sites (tertiary alicyclic amines) is 1. The van der Waals surface area contributed by atoms with Gasteiger partial charge in [0.25, 0.3) is 0 Å². The number of nitrogens with one attached hydrogen (secondary N) is 1. The summed E-state index contributed by atoms with van der Waals surface area (Å²) < 4.78 is 10.9. The van der Waals surface area contributed by atoms with E-state index in [1.807, 2.05) is 17.0 Å². The molecular formula is C23H34N2O4. The molecular weight excluding hydrogens is 368 g/mol. The first-order chi connectivity index (χ1) is 14.1. The van der Waals surface area contributed by atoms with Crippen molar-refractivity contribution in [3.05, 3.63) is 29.8 Å². The van der Waals surface area contributed by atoms with Crippen LogP contribution in [0.4, 0.5) is 0 Å². The molecule has 6 heteroatoms. The van der Waals surface area contributed by atoms with Gasteiger partial charge in [-0.3, -0.25) is 9.59 Å². The first-order valence-corrected chi connectivity index (χ1v) is 10.9. The molecule has 2 heterocycles. The molecule has 6 nitrogen and oxygen atoms in total. The van der Waals surface area contributed by atoms with E-state index in [1.54, 1.807) is 0 Å². The first-order valence-electron chi connectivity index (χ1n) is 10.9. The van der Waals surface area contributed by atoms with Crippen molar-refractivity contribution >= 4 is 11.8 Å². The van der Waals surface area contributed by atoms with Gasteiger partial charge in [-0.15, -0.1) is 0 Å². The Hall–Kier alpha value is -2.08. The van der Waals surface area contributed by atoms with Gasteiger partial charge in [0.1, 0.15) is 12.4 Å². The lowest BCUT2D eigenvalue weighted by atomic mass is 9.73. The summed E-state index contributed by atoms with van der Waals surface area (Å²) in [7, 11) is 1.54. The van der Waals surface area contributed by atoms with Crippen molar-refractivity contribution in [2.45, 2.75) is 51.4 Å². The molecule has 0 bridgehead atoms. The lowest BCUT2D eigenvalue weighted by Crippen LogP contribution is -2.51. The van der Waals surface area contributed by atoms with E-state index in [0.717, 1.165) is 57.1 Å². The third-order valence-corrected chi connectivity index (χ3v) is 6.26. The number of methoxy groups -OCH3 is 1. The highest BCUT2D eigenvalue weighted by Gasteiger charge is 2.41. The summed E-state index contributed by atoms with van der Waals surface area (Å²) in [4.78, 5) is 27.0. The minimum absolute atomic E-state index is 0.0134. The lowest BCUT2D eigenvalue weighted by molar-refractivity contribution is -0.143. The number of fused-ring (bicyclic) bond motifs is 1. The maximum atomic E-state index is 13.1. The maximum Gasteiger partial charge on any atom is 0.248 e. The molecule has 29 heavy (non-hydrogen) atoms. The monoisotopic (exact) mass is 402 g/mol. The predicted octanol–water partition coefficient (Wildman–Crippen LogP) is 2.94. The molecule has 1 fully saturated rings. The summed E-state index contributed by atoms with van der Waals surface area (Å²) >= 11 is 0. The average molecular weight is 403 g/mol. The molecule has 1 saturated heterocycles. The zero-order valence-electron chi connectivity index (χ0n) is 17.6. The number of ether oxygens (including phenoxy) is 2. The summed E-state index contributed by atoms with van der Waals surface area (Å²) in [5.74, 6) is 1.13. The van der Waals surface area contributed by atoms with Gasteiger partial charge >= 0.3 is 0 Å². The number of amides is 2. The summed E-state index contributed by atoms with van der Waals surface area (Å²) in [5.41, 5.74) is 0.917. The van der Waals surface area contributed by atoms with Gasteiger partial charge in [-0.2, -0.15) is 0 Å². The summed E-state index contributed by atoms with van der Waals surface area (Å²) in [5, 5.41) is 3.14.